The lowest BCUT2D eigenvalue weighted by Gasteiger charge is -2.32. The zero-order chi connectivity index (χ0) is 31.9. The molecular weight excluding hydrogens is 595 g/mol. The maximum Gasteiger partial charge on any atom is 0.262 e. The first-order valence-electron chi connectivity index (χ1n) is 14.9. The summed E-state index contributed by atoms with van der Waals surface area (Å²) in [5.41, 5.74) is 3.99. The summed E-state index contributed by atoms with van der Waals surface area (Å²) in [6.45, 7) is 11.3. The molecule has 0 bridgehead atoms. The zero-order valence-electron chi connectivity index (χ0n) is 26.0. The second-order valence-electron chi connectivity index (χ2n) is 11.3. The summed E-state index contributed by atoms with van der Waals surface area (Å²) in [5, 5.41) is 6.31. The normalized spacial score (nSPS) is 13.8. The monoisotopic (exact) mass is 632 g/mol. The number of nitrogens with one attached hydrogen (secondary N) is 2. The van der Waals surface area contributed by atoms with Crippen LogP contribution in [-0.2, 0) is 0 Å². The predicted octanol–water partition coefficient (Wildman–Crippen LogP) is 7.00. The molecule has 4 aromatic rings. The van der Waals surface area contributed by atoms with Gasteiger partial charge >= 0.3 is 0 Å². The van der Waals surface area contributed by atoms with E-state index in [1.54, 1.807) is 24.3 Å². The van der Waals surface area contributed by atoms with Crippen molar-refractivity contribution in [3.8, 4) is 17.4 Å². The van der Waals surface area contributed by atoms with Gasteiger partial charge in [0.1, 0.15) is 11.3 Å². The Morgan fingerprint density at radius 1 is 1.00 bits per heavy atom. The highest BCUT2D eigenvalue weighted by molar-refractivity contribution is 6.32. The van der Waals surface area contributed by atoms with Crippen molar-refractivity contribution < 1.29 is 18.7 Å². The molecule has 1 amide bonds. The summed E-state index contributed by atoms with van der Waals surface area (Å²) in [4.78, 5) is 26.9. The van der Waals surface area contributed by atoms with Gasteiger partial charge in [-0.05, 0) is 75.2 Å². The molecular formula is C34H38ClFN6O3. The number of anilines is 3. The number of amides is 1. The molecule has 236 valence electrons. The minimum atomic E-state index is -0.507. The van der Waals surface area contributed by atoms with E-state index in [9.17, 15) is 9.18 Å². The van der Waals surface area contributed by atoms with E-state index in [0.29, 0.717) is 28.8 Å². The van der Waals surface area contributed by atoms with Gasteiger partial charge in [0, 0.05) is 56.4 Å². The van der Waals surface area contributed by atoms with Gasteiger partial charge in [-0.3, -0.25) is 4.79 Å². The first-order chi connectivity index (χ1) is 21.7. The molecule has 3 aromatic carbocycles. The average Bonchev–Trinajstić information content (AvgIpc) is 3.00. The number of nitrogens with zero attached hydrogens (tertiary/aromatic N) is 4. The number of halogens is 2. The summed E-state index contributed by atoms with van der Waals surface area (Å²) in [6.07, 6.45) is 2.18. The van der Waals surface area contributed by atoms with Crippen molar-refractivity contribution in [2.75, 3.05) is 57.0 Å². The molecule has 2 N–H and O–H groups in total. The van der Waals surface area contributed by atoms with Crippen LogP contribution in [-0.4, -0.2) is 72.1 Å². The van der Waals surface area contributed by atoms with Gasteiger partial charge in [0.15, 0.2) is 11.6 Å². The third-order valence-corrected chi connectivity index (χ3v) is 7.97. The Morgan fingerprint density at radius 3 is 2.44 bits per heavy atom. The SMILES string of the molecule is Cc1ccc(Oc2nc(Nc3ccc(OCCCN4CCN(C)CC4)c(F)c3)ncc2C(=O)Nc2c(C)cccc2C)c(Cl)c1. The number of aryl methyl sites for hydroxylation is 3. The number of aromatic nitrogens is 2. The van der Waals surface area contributed by atoms with Crippen molar-refractivity contribution in [2.24, 2.45) is 0 Å². The maximum absolute atomic E-state index is 14.9. The molecule has 9 nitrogen and oxygen atoms in total. The van der Waals surface area contributed by atoms with Gasteiger partial charge in [-0.15, -0.1) is 0 Å². The minimum Gasteiger partial charge on any atom is -0.490 e. The number of benzene rings is 3. The molecule has 1 saturated heterocycles. The second kappa shape index (κ2) is 14.7. The van der Waals surface area contributed by atoms with E-state index < -0.39 is 11.7 Å². The molecule has 0 saturated carbocycles. The first kappa shape index (κ1) is 32.2. The van der Waals surface area contributed by atoms with Crippen molar-refractivity contribution in [2.45, 2.75) is 27.2 Å². The molecule has 1 fully saturated rings. The van der Waals surface area contributed by atoms with E-state index in [2.05, 4.69) is 37.4 Å². The Bertz CT molecular complexity index is 1640. The lowest BCUT2D eigenvalue weighted by molar-refractivity contribution is 0.102. The highest BCUT2D eigenvalue weighted by Crippen LogP contribution is 2.32. The molecule has 1 aliphatic rings. The number of likely N-dealkylation sites (N-methyl/N-ethyl adjacent to an activating group) is 1. The largest absolute Gasteiger partial charge is 0.490 e. The Morgan fingerprint density at radius 2 is 1.73 bits per heavy atom. The number of rotatable bonds is 11. The van der Waals surface area contributed by atoms with Crippen molar-refractivity contribution in [1.82, 2.24) is 19.8 Å². The van der Waals surface area contributed by atoms with E-state index in [0.717, 1.165) is 55.8 Å². The first-order valence-corrected chi connectivity index (χ1v) is 15.3. The van der Waals surface area contributed by atoms with Crippen LogP contribution in [0, 0.1) is 26.6 Å². The summed E-state index contributed by atoms with van der Waals surface area (Å²) in [7, 11) is 2.13. The van der Waals surface area contributed by atoms with Gasteiger partial charge in [-0.1, -0.05) is 35.9 Å². The van der Waals surface area contributed by atoms with Crippen LogP contribution in [0.4, 0.5) is 21.7 Å². The molecule has 0 atom stereocenters. The third kappa shape index (κ3) is 8.48. The zero-order valence-corrected chi connectivity index (χ0v) is 26.7. The van der Waals surface area contributed by atoms with Crippen molar-refractivity contribution in [3.63, 3.8) is 0 Å². The van der Waals surface area contributed by atoms with Crippen LogP contribution in [0.2, 0.25) is 5.02 Å². The molecule has 11 heteroatoms. The highest BCUT2D eigenvalue weighted by Gasteiger charge is 2.20. The fraction of sp³-hybridized carbons (Fsp3) is 0.324. The summed E-state index contributed by atoms with van der Waals surface area (Å²) >= 11 is 6.43. The number of hydrogen-bond acceptors (Lipinski definition) is 8. The van der Waals surface area contributed by atoms with E-state index in [1.807, 2.05) is 45.0 Å². The molecule has 1 aromatic heterocycles. The second-order valence-corrected chi connectivity index (χ2v) is 11.7. The van der Waals surface area contributed by atoms with E-state index in [-0.39, 0.29) is 23.1 Å². The fourth-order valence-electron chi connectivity index (χ4n) is 5.01. The summed E-state index contributed by atoms with van der Waals surface area (Å²) < 4.78 is 26.7. The number of carbonyl (C=O) groups is 1. The predicted molar refractivity (Wildman–Crippen MR) is 176 cm³/mol. The molecule has 45 heavy (non-hydrogen) atoms. The molecule has 0 spiro atoms. The minimum absolute atomic E-state index is 0.0113. The van der Waals surface area contributed by atoms with Crippen LogP contribution in [0.25, 0.3) is 0 Å². The van der Waals surface area contributed by atoms with Crippen LogP contribution in [0.5, 0.6) is 17.4 Å². The van der Waals surface area contributed by atoms with E-state index in [1.165, 1.54) is 12.3 Å². The topological polar surface area (TPSA) is 91.8 Å². The van der Waals surface area contributed by atoms with Gasteiger partial charge in [-0.25, -0.2) is 9.37 Å². The average molecular weight is 633 g/mol. The third-order valence-electron chi connectivity index (χ3n) is 7.67. The van der Waals surface area contributed by atoms with E-state index >= 15 is 0 Å². The molecule has 5 rings (SSSR count). The standard InChI is InChI=1S/C34H38ClFN6O3/c1-22-9-11-29(27(35)19-22)45-33-26(32(43)39-31-23(2)7-5-8-24(31)3)21-37-34(40-33)38-25-10-12-30(28(36)20-25)44-18-6-13-42-16-14-41(4)15-17-42/h5,7-12,19-21H,6,13-18H2,1-4H3,(H,39,43)(H,37,38,40). The van der Waals surface area contributed by atoms with Crippen molar-refractivity contribution in [1.29, 1.82) is 0 Å². The lowest BCUT2D eigenvalue weighted by atomic mass is 10.1. The van der Waals surface area contributed by atoms with E-state index in [4.69, 9.17) is 21.1 Å². The number of carbonyl (C=O) groups excluding carboxylic acids is 1. The molecule has 0 radical (unpaired) electrons. The van der Waals surface area contributed by atoms with Crippen LogP contribution in [0.15, 0.2) is 60.8 Å². The van der Waals surface area contributed by atoms with Gasteiger partial charge < -0.3 is 29.9 Å². The Labute approximate surface area is 268 Å². The smallest absolute Gasteiger partial charge is 0.262 e. The van der Waals surface area contributed by atoms with Crippen molar-refractivity contribution >= 4 is 34.8 Å². The Hall–Kier alpha value is -4.25. The lowest BCUT2D eigenvalue weighted by Crippen LogP contribution is -2.44. The number of ether oxygens (including phenoxy) is 2. The Kier molecular flexibility index (Phi) is 10.5. The van der Waals surface area contributed by atoms with Crippen LogP contribution < -0.4 is 20.1 Å². The van der Waals surface area contributed by atoms with Gasteiger partial charge in [-0.2, -0.15) is 4.98 Å². The van der Waals surface area contributed by atoms with Crippen LogP contribution in [0.1, 0.15) is 33.5 Å². The molecule has 2 heterocycles. The van der Waals surface area contributed by atoms with Crippen LogP contribution >= 0.6 is 11.6 Å². The van der Waals surface area contributed by atoms with Gasteiger partial charge in [0.2, 0.25) is 11.8 Å². The van der Waals surface area contributed by atoms with Crippen molar-refractivity contribution in [3.05, 3.63) is 93.9 Å². The van der Waals surface area contributed by atoms with Gasteiger partial charge in [0.05, 0.1) is 11.6 Å². The number of piperazine rings is 1. The van der Waals surface area contributed by atoms with Gasteiger partial charge in [0.25, 0.3) is 5.91 Å². The molecule has 1 aliphatic heterocycles. The van der Waals surface area contributed by atoms with Crippen LogP contribution in [0.3, 0.4) is 0 Å². The highest BCUT2D eigenvalue weighted by atomic mass is 35.5. The summed E-state index contributed by atoms with van der Waals surface area (Å²) in [6, 6.07) is 15.6. The number of hydrogen-bond donors (Lipinski definition) is 2. The summed E-state index contributed by atoms with van der Waals surface area (Å²) in [5.74, 6) is -0.353. The fourth-order valence-corrected chi connectivity index (χ4v) is 5.29. The maximum atomic E-state index is 14.9. The molecule has 0 unspecified atom stereocenters. The molecule has 0 aliphatic carbocycles. The Balaban J connectivity index is 1.30. The number of para-hydroxylation sites is 1. The quantitative estimate of drug-likeness (QED) is 0.171.